The molecule has 3 aliphatic carbocycles. The van der Waals surface area contributed by atoms with Crippen molar-refractivity contribution in [2.24, 2.45) is 23.2 Å². The molecule has 2 amide bonds. The van der Waals surface area contributed by atoms with Crippen molar-refractivity contribution >= 4 is 33.3 Å². The van der Waals surface area contributed by atoms with Crippen LogP contribution in [0.2, 0.25) is 0 Å². The average molecular weight is 671 g/mol. The summed E-state index contributed by atoms with van der Waals surface area (Å²) in [7, 11) is -4.37. The summed E-state index contributed by atoms with van der Waals surface area (Å²) in [5.41, 5.74) is -6.59. The van der Waals surface area contributed by atoms with Crippen molar-refractivity contribution < 1.29 is 54.9 Å². The predicted molar refractivity (Wildman–Crippen MR) is 155 cm³/mol. The monoisotopic (exact) mass is 670 g/mol. The molecular formula is C31H34F4N2O8S. The molecule has 10 nitrogen and oxygen atoms in total. The number of fused-ring (bicyclic) bond motifs is 2. The number of aliphatic carboxylic acids is 1. The summed E-state index contributed by atoms with van der Waals surface area (Å²) in [6.07, 6.45) is 3.02. The fourth-order valence-corrected chi connectivity index (χ4v) is 7.72. The molecule has 3 N–H and O–H groups in total. The minimum atomic E-state index is -5.63. The number of hydrogen-bond acceptors (Lipinski definition) is 7. The summed E-state index contributed by atoms with van der Waals surface area (Å²) < 4.78 is 89.1. The third-order valence-corrected chi connectivity index (χ3v) is 11.1. The maximum absolute atomic E-state index is 15.0. The lowest BCUT2D eigenvalue weighted by atomic mass is 9.75. The summed E-state index contributed by atoms with van der Waals surface area (Å²) >= 11 is 0. The molecule has 15 heteroatoms. The maximum Gasteiger partial charge on any atom is 0.501 e. The highest BCUT2D eigenvalue weighted by molar-refractivity contribution is 7.92. The second-order valence-corrected chi connectivity index (χ2v) is 14.4. The van der Waals surface area contributed by atoms with Crippen LogP contribution in [0.4, 0.5) is 23.2 Å². The van der Waals surface area contributed by atoms with Gasteiger partial charge >= 0.3 is 11.5 Å². The van der Waals surface area contributed by atoms with Crippen LogP contribution in [0.25, 0.3) is 0 Å². The van der Waals surface area contributed by atoms with E-state index in [1.807, 2.05) is 0 Å². The van der Waals surface area contributed by atoms with Crippen LogP contribution >= 0.6 is 0 Å². The Bertz CT molecular complexity index is 1640. The Morgan fingerprint density at radius 3 is 2.30 bits per heavy atom. The zero-order chi connectivity index (χ0) is 33.6. The van der Waals surface area contributed by atoms with Gasteiger partial charge in [-0.2, -0.15) is 13.2 Å². The van der Waals surface area contributed by atoms with Gasteiger partial charge in [0.2, 0.25) is 5.91 Å². The molecule has 250 valence electrons. The number of methoxy groups -OCH3 is 1. The second kappa shape index (κ2) is 12.4. The van der Waals surface area contributed by atoms with Gasteiger partial charge in [-0.25, -0.2) is 12.8 Å². The SMILES string of the molecule is COc1cc(F)c(OC2CCC(C)(C(=O)O)CC2)cc1C(=O)N[C@H]1[C@H]2CC[C@H](C2)[C@H]1C(=O)Nc1cccc(S(=O)(=O)C(F)(F)F)c1. The highest BCUT2D eigenvalue weighted by Crippen LogP contribution is 2.49. The molecule has 0 unspecified atom stereocenters. The van der Waals surface area contributed by atoms with E-state index in [0.29, 0.717) is 38.5 Å². The number of rotatable bonds is 9. The number of halogens is 4. The molecule has 0 saturated heterocycles. The molecule has 3 aliphatic rings. The van der Waals surface area contributed by atoms with Crippen LogP contribution in [0.15, 0.2) is 41.3 Å². The molecule has 46 heavy (non-hydrogen) atoms. The number of nitrogens with one attached hydrogen (secondary N) is 2. The van der Waals surface area contributed by atoms with Crippen LogP contribution in [0.5, 0.6) is 11.5 Å². The standard InChI is InChI=1S/C31H34F4N2O8S/c1-30(29(40)41)10-8-19(9-11-30)45-24-14-21(23(44-2)15-22(24)32)27(38)37-26-17-7-6-16(12-17)25(26)28(39)36-18-4-3-5-20(13-18)46(42,43)31(33,34)35/h3-5,13-17,19,25-26H,6-12H2,1-2H3,(H,36,39)(H,37,38)(H,40,41)/t16-,17+,19?,25-,26+,30?/m1/s1. The Balaban J connectivity index is 1.32. The number of carboxylic acid groups (broad SMARTS) is 1. The van der Waals surface area contributed by atoms with Gasteiger partial charge in [0.15, 0.2) is 11.6 Å². The first-order valence-electron chi connectivity index (χ1n) is 14.8. The largest absolute Gasteiger partial charge is 0.501 e. The average Bonchev–Trinajstić information content (AvgIpc) is 3.60. The number of hydrogen-bond donors (Lipinski definition) is 3. The summed E-state index contributed by atoms with van der Waals surface area (Å²) in [5.74, 6) is -4.16. The summed E-state index contributed by atoms with van der Waals surface area (Å²) in [4.78, 5) is 37.6. The van der Waals surface area contributed by atoms with Gasteiger partial charge in [0.1, 0.15) is 5.75 Å². The Labute approximate surface area is 262 Å². The van der Waals surface area contributed by atoms with Gasteiger partial charge in [-0.05, 0) is 88.0 Å². The molecule has 4 atom stereocenters. The van der Waals surface area contributed by atoms with Gasteiger partial charge in [-0.1, -0.05) is 6.07 Å². The van der Waals surface area contributed by atoms with Crippen LogP contribution < -0.4 is 20.1 Å². The first kappa shape index (κ1) is 33.5. The van der Waals surface area contributed by atoms with Crippen molar-refractivity contribution in [3.8, 4) is 11.5 Å². The number of ether oxygens (including phenoxy) is 2. The van der Waals surface area contributed by atoms with Crippen molar-refractivity contribution in [3.05, 3.63) is 47.8 Å². The number of anilines is 1. The van der Waals surface area contributed by atoms with Crippen molar-refractivity contribution in [1.29, 1.82) is 0 Å². The van der Waals surface area contributed by atoms with E-state index in [1.54, 1.807) is 6.92 Å². The highest BCUT2D eigenvalue weighted by atomic mass is 32.2. The van der Waals surface area contributed by atoms with Crippen LogP contribution in [-0.2, 0) is 19.4 Å². The van der Waals surface area contributed by atoms with E-state index in [2.05, 4.69) is 10.6 Å². The quantitative estimate of drug-likeness (QED) is 0.304. The van der Waals surface area contributed by atoms with E-state index < -0.39 is 67.3 Å². The Kier molecular flexibility index (Phi) is 9.01. The van der Waals surface area contributed by atoms with E-state index in [4.69, 9.17) is 9.47 Å². The highest BCUT2D eigenvalue weighted by Gasteiger charge is 2.52. The molecule has 0 spiro atoms. The molecular weight excluding hydrogens is 636 g/mol. The number of carboxylic acids is 1. The predicted octanol–water partition coefficient (Wildman–Crippen LogP) is 5.32. The molecule has 2 aromatic carbocycles. The molecule has 2 aromatic rings. The van der Waals surface area contributed by atoms with Gasteiger partial charge in [-0.3, -0.25) is 14.4 Å². The zero-order valence-electron chi connectivity index (χ0n) is 25.0. The third kappa shape index (κ3) is 6.38. The lowest BCUT2D eigenvalue weighted by Crippen LogP contribution is -2.48. The fraction of sp³-hybridized carbons (Fsp3) is 0.516. The van der Waals surface area contributed by atoms with Crippen molar-refractivity contribution in [3.63, 3.8) is 0 Å². The van der Waals surface area contributed by atoms with E-state index in [-0.39, 0.29) is 34.6 Å². The summed E-state index contributed by atoms with van der Waals surface area (Å²) in [5, 5.41) is 14.9. The molecule has 0 heterocycles. The first-order valence-corrected chi connectivity index (χ1v) is 16.3. The van der Waals surface area contributed by atoms with Crippen LogP contribution in [0.1, 0.15) is 62.2 Å². The summed E-state index contributed by atoms with van der Waals surface area (Å²) in [6.45, 7) is 1.65. The van der Waals surface area contributed by atoms with Gasteiger partial charge in [0, 0.05) is 17.8 Å². The van der Waals surface area contributed by atoms with Gasteiger partial charge in [-0.15, -0.1) is 0 Å². The smallest absolute Gasteiger partial charge is 0.496 e. The maximum atomic E-state index is 15.0. The van der Waals surface area contributed by atoms with E-state index >= 15 is 4.39 Å². The zero-order valence-corrected chi connectivity index (χ0v) is 25.8. The molecule has 2 bridgehead atoms. The lowest BCUT2D eigenvalue weighted by molar-refractivity contribution is -0.150. The number of carbonyl (C=O) groups is 3. The molecule has 0 radical (unpaired) electrons. The minimum Gasteiger partial charge on any atom is -0.496 e. The van der Waals surface area contributed by atoms with Gasteiger partial charge in [0.05, 0.1) is 35.0 Å². The van der Waals surface area contributed by atoms with Gasteiger partial charge in [0.25, 0.3) is 15.7 Å². The number of carbonyl (C=O) groups excluding carboxylic acids is 2. The number of benzene rings is 2. The topological polar surface area (TPSA) is 148 Å². The first-order chi connectivity index (χ1) is 21.5. The van der Waals surface area contributed by atoms with E-state index in [9.17, 15) is 41.1 Å². The number of alkyl halides is 3. The van der Waals surface area contributed by atoms with Crippen molar-refractivity contribution in [2.75, 3.05) is 12.4 Å². The number of sulfone groups is 1. The molecule has 3 fully saturated rings. The van der Waals surface area contributed by atoms with Gasteiger partial charge < -0.3 is 25.2 Å². The minimum absolute atomic E-state index is 0.0444. The lowest BCUT2D eigenvalue weighted by Gasteiger charge is -2.34. The molecule has 3 saturated carbocycles. The van der Waals surface area contributed by atoms with Crippen LogP contribution in [-0.4, -0.2) is 56.1 Å². The number of amides is 2. The normalized spacial score (nSPS) is 27.6. The Morgan fingerprint density at radius 2 is 1.67 bits per heavy atom. The molecule has 0 aromatic heterocycles. The van der Waals surface area contributed by atoms with Crippen molar-refractivity contribution in [2.45, 2.75) is 74.4 Å². The van der Waals surface area contributed by atoms with E-state index in [1.165, 1.54) is 19.2 Å². The molecule has 5 rings (SSSR count). The van der Waals surface area contributed by atoms with Crippen molar-refractivity contribution in [1.82, 2.24) is 5.32 Å². The van der Waals surface area contributed by atoms with E-state index in [0.717, 1.165) is 30.7 Å². The second-order valence-electron chi connectivity index (χ2n) is 12.5. The third-order valence-electron chi connectivity index (χ3n) is 9.58. The Hall–Kier alpha value is -3.88. The van der Waals surface area contributed by atoms with Crippen LogP contribution in [0.3, 0.4) is 0 Å². The van der Waals surface area contributed by atoms with Crippen LogP contribution in [0, 0.1) is 29.0 Å². The Morgan fingerprint density at radius 1 is 1.00 bits per heavy atom. The fourth-order valence-electron chi connectivity index (χ4n) is 6.92. The molecule has 0 aliphatic heterocycles. The summed E-state index contributed by atoms with van der Waals surface area (Å²) in [6, 6.07) is 5.44.